The topological polar surface area (TPSA) is 171 Å². The Bertz CT molecular complexity index is 1100. The van der Waals surface area contributed by atoms with E-state index in [2.05, 4.69) is 0 Å². The van der Waals surface area contributed by atoms with E-state index >= 15 is 0 Å². The van der Waals surface area contributed by atoms with Gasteiger partial charge in [0, 0.05) is 18.2 Å². The molecule has 1 aromatic heterocycles. The highest BCUT2D eigenvalue weighted by Gasteiger charge is 2.40. The molecular formula is C20H19O10+. The summed E-state index contributed by atoms with van der Waals surface area (Å²) in [4.78, 5) is 0. The third-order valence-corrected chi connectivity index (χ3v) is 4.75. The highest BCUT2D eigenvalue weighted by molar-refractivity contribution is 5.88. The Balaban J connectivity index is 1.84. The summed E-state index contributed by atoms with van der Waals surface area (Å²) in [6.07, 6.45) is -5.76. The molecule has 3 aromatic rings. The van der Waals surface area contributed by atoms with E-state index in [1.165, 1.54) is 30.3 Å². The third-order valence-electron chi connectivity index (χ3n) is 4.75. The van der Waals surface area contributed by atoms with Gasteiger partial charge in [0.25, 0.3) is 0 Å². The molecule has 2 heterocycles. The monoisotopic (exact) mass is 419 g/mol. The van der Waals surface area contributed by atoms with Crippen LogP contribution in [0.25, 0.3) is 22.3 Å². The SMILES string of the molecule is Oc1cc(O)c2cc(OC3OC[C@H](O)[C@@H](O)C3O)c(-c3ccc(O)c(O)c3)[o+]c2c1. The molecule has 2 aromatic carbocycles. The first kappa shape index (κ1) is 20.0. The van der Waals surface area contributed by atoms with Crippen LogP contribution >= 0.6 is 0 Å². The number of rotatable bonds is 3. The molecule has 4 rings (SSSR count). The maximum atomic E-state index is 10.2. The molecular weight excluding hydrogens is 400 g/mol. The molecule has 30 heavy (non-hydrogen) atoms. The summed E-state index contributed by atoms with van der Waals surface area (Å²) in [5.74, 6) is -1.37. The van der Waals surface area contributed by atoms with Crippen molar-refractivity contribution in [1.29, 1.82) is 0 Å². The van der Waals surface area contributed by atoms with Crippen molar-refractivity contribution in [1.82, 2.24) is 0 Å². The number of phenols is 4. The molecule has 1 saturated heterocycles. The van der Waals surface area contributed by atoms with Crippen molar-refractivity contribution in [3.8, 4) is 40.1 Å². The largest absolute Gasteiger partial charge is 0.507 e. The number of hydrogen-bond acceptors (Lipinski definition) is 9. The van der Waals surface area contributed by atoms with Crippen LogP contribution in [0.3, 0.4) is 0 Å². The molecule has 2 unspecified atom stereocenters. The minimum atomic E-state index is -1.58. The van der Waals surface area contributed by atoms with E-state index in [9.17, 15) is 35.7 Å². The minimum Gasteiger partial charge on any atom is -0.507 e. The van der Waals surface area contributed by atoms with E-state index < -0.39 is 30.4 Å². The summed E-state index contributed by atoms with van der Waals surface area (Å²) in [7, 11) is 0. The number of fused-ring (bicyclic) bond motifs is 1. The van der Waals surface area contributed by atoms with Gasteiger partial charge in [0.05, 0.1) is 18.2 Å². The summed E-state index contributed by atoms with van der Waals surface area (Å²) in [6.45, 7) is -0.290. The number of aliphatic hydroxyl groups is 3. The van der Waals surface area contributed by atoms with Gasteiger partial charge in [-0.1, -0.05) is 0 Å². The smallest absolute Gasteiger partial charge is 0.402 e. The molecule has 0 aliphatic carbocycles. The fourth-order valence-electron chi connectivity index (χ4n) is 3.15. The number of phenolic OH excluding ortho intramolecular Hbond substituents is 4. The fraction of sp³-hybridized carbons (Fsp3) is 0.250. The molecule has 1 aliphatic rings. The predicted octanol–water partition coefficient (Wildman–Crippen LogP) is 1.02. The van der Waals surface area contributed by atoms with E-state index in [1.54, 1.807) is 0 Å². The average Bonchev–Trinajstić information content (AvgIpc) is 2.70. The Hall–Kier alpha value is -3.31. The third kappa shape index (κ3) is 3.53. The standard InChI is InChI=1S/C20H18O10/c21-9-4-12(23)10-6-16(30-20-18(27)17(26)14(25)7-28-20)19(29-15(10)5-9)8-1-2-11(22)13(24)3-8/h1-6,14,17-18,20,25-27H,7H2,(H3-,21,22,23,24)/p+1/t14-,17+,18?,20?/m0/s1. The Morgan fingerprint density at radius 3 is 2.37 bits per heavy atom. The van der Waals surface area contributed by atoms with Crippen LogP contribution in [0.1, 0.15) is 0 Å². The lowest BCUT2D eigenvalue weighted by molar-refractivity contribution is -0.242. The molecule has 0 saturated carbocycles. The second-order valence-corrected chi connectivity index (χ2v) is 6.89. The van der Waals surface area contributed by atoms with Crippen LogP contribution in [-0.4, -0.2) is 67.0 Å². The lowest BCUT2D eigenvalue weighted by Gasteiger charge is -2.34. The van der Waals surface area contributed by atoms with E-state index in [-0.39, 0.29) is 51.9 Å². The lowest BCUT2D eigenvalue weighted by Crippen LogP contribution is -2.54. The van der Waals surface area contributed by atoms with Gasteiger partial charge in [-0.15, -0.1) is 0 Å². The molecule has 1 aliphatic heterocycles. The first-order chi connectivity index (χ1) is 14.2. The van der Waals surface area contributed by atoms with Crippen molar-refractivity contribution in [3.05, 3.63) is 36.4 Å². The Morgan fingerprint density at radius 1 is 0.867 bits per heavy atom. The Labute approximate surface area is 169 Å². The highest BCUT2D eigenvalue weighted by atomic mass is 16.7. The molecule has 0 radical (unpaired) electrons. The van der Waals surface area contributed by atoms with E-state index in [0.717, 1.165) is 6.07 Å². The summed E-state index contributed by atoms with van der Waals surface area (Å²) in [5.41, 5.74) is 0.346. The number of benzene rings is 2. The average molecular weight is 419 g/mol. The lowest BCUT2D eigenvalue weighted by atomic mass is 10.1. The maximum Gasteiger partial charge on any atom is 0.402 e. The molecule has 1 fully saturated rings. The zero-order valence-corrected chi connectivity index (χ0v) is 15.3. The Kier molecular flexibility index (Phi) is 5.00. The van der Waals surface area contributed by atoms with E-state index in [0.29, 0.717) is 0 Å². The second-order valence-electron chi connectivity index (χ2n) is 6.89. The van der Waals surface area contributed by atoms with Gasteiger partial charge >= 0.3 is 11.3 Å². The zero-order valence-electron chi connectivity index (χ0n) is 15.3. The maximum absolute atomic E-state index is 10.2. The fourth-order valence-corrected chi connectivity index (χ4v) is 3.15. The van der Waals surface area contributed by atoms with Gasteiger partial charge in [0.1, 0.15) is 35.2 Å². The summed E-state index contributed by atoms with van der Waals surface area (Å²) in [6, 6.07) is 7.56. The quantitative estimate of drug-likeness (QED) is 0.240. The minimum absolute atomic E-state index is 0.0132. The van der Waals surface area contributed by atoms with Gasteiger partial charge in [-0.2, -0.15) is 0 Å². The number of ether oxygens (including phenoxy) is 2. The van der Waals surface area contributed by atoms with Gasteiger partial charge in [0.2, 0.25) is 12.0 Å². The summed E-state index contributed by atoms with van der Waals surface area (Å²) >= 11 is 0. The predicted molar refractivity (Wildman–Crippen MR) is 101 cm³/mol. The first-order valence-electron chi connectivity index (χ1n) is 8.92. The van der Waals surface area contributed by atoms with Gasteiger partial charge in [-0.3, -0.25) is 0 Å². The molecule has 4 atom stereocenters. The Morgan fingerprint density at radius 2 is 1.63 bits per heavy atom. The highest BCUT2D eigenvalue weighted by Crippen LogP contribution is 2.41. The van der Waals surface area contributed by atoms with E-state index in [1.807, 2.05) is 0 Å². The molecule has 0 amide bonds. The molecule has 7 N–H and O–H groups in total. The molecule has 10 heteroatoms. The van der Waals surface area contributed by atoms with Crippen molar-refractivity contribution in [2.75, 3.05) is 6.61 Å². The van der Waals surface area contributed by atoms with Crippen LogP contribution < -0.4 is 4.74 Å². The van der Waals surface area contributed by atoms with Crippen LogP contribution in [0.5, 0.6) is 28.7 Å². The molecule has 10 nitrogen and oxygen atoms in total. The van der Waals surface area contributed by atoms with Gasteiger partial charge in [0.15, 0.2) is 11.5 Å². The first-order valence-corrected chi connectivity index (χ1v) is 8.92. The normalized spacial score (nSPS) is 24.1. The van der Waals surface area contributed by atoms with E-state index in [4.69, 9.17) is 13.9 Å². The van der Waals surface area contributed by atoms with Crippen LogP contribution in [0.2, 0.25) is 0 Å². The van der Waals surface area contributed by atoms with Crippen molar-refractivity contribution < 1.29 is 49.6 Å². The summed E-state index contributed by atoms with van der Waals surface area (Å²) in [5, 5.41) is 69.1. The van der Waals surface area contributed by atoms with Crippen molar-refractivity contribution in [2.45, 2.75) is 24.6 Å². The second kappa shape index (κ2) is 7.50. The molecule has 158 valence electrons. The van der Waals surface area contributed by atoms with Crippen molar-refractivity contribution in [3.63, 3.8) is 0 Å². The van der Waals surface area contributed by atoms with Gasteiger partial charge in [-0.25, -0.2) is 4.42 Å². The van der Waals surface area contributed by atoms with Gasteiger partial charge in [-0.05, 0) is 12.1 Å². The van der Waals surface area contributed by atoms with Crippen LogP contribution in [-0.2, 0) is 4.74 Å². The number of aromatic hydroxyl groups is 4. The van der Waals surface area contributed by atoms with Gasteiger partial charge < -0.3 is 45.2 Å². The van der Waals surface area contributed by atoms with Crippen LogP contribution in [0, 0.1) is 0 Å². The van der Waals surface area contributed by atoms with Crippen LogP contribution in [0.15, 0.2) is 40.8 Å². The molecule has 0 spiro atoms. The summed E-state index contributed by atoms with van der Waals surface area (Å²) < 4.78 is 16.7. The molecule has 0 bridgehead atoms. The number of hydrogen-bond donors (Lipinski definition) is 7. The number of aliphatic hydroxyl groups excluding tert-OH is 3. The van der Waals surface area contributed by atoms with Crippen molar-refractivity contribution in [2.24, 2.45) is 0 Å². The van der Waals surface area contributed by atoms with Crippen molar-refractivity contribution >= 4 is 11.0 Å². The van der Waals surface area contributed by atoms with Crippen LogP contribution in [0.4, 0.5) is 0 Å². The zero-order chi connectivity index (χ0) is 21.6.